The summed E-state index contributed by atoms with van der Waals surface area (Å²) in [4.78, 5) is 12.2. The van der Waals surface area contributed by atoms with Crippen molar-refractivity contribution in [2.75, 3.05) is 5.32 Å². The molecular formula is C16H20BrN3O. The predicted molar refractivity (Wildman–Crippen MR) is 89.7 cm³/mol. The molecule has 0 radical (unpaired) electrons. The number of hydrogen-bond donors (Lipinski definition) is 1. The van der Waals surface area contributed by atoms with Gasteiger partial charge in [0.1, 0.15) is 4.47 Å². The van der Waals surface area contributed by atoms with Crippen LogP contribution in [-0.4, -0.2) is 9.78 Å². The van der Waals surface area contributed by atoms with Crippen LogP contribution in [0.4, 0.5) is 5.69 Å². The van der Waals surface area contributed by atoms with Crippen LogP contribution >= 0.6 is 15.9 Å². The highest BCUT2D eigenvalue weighted by Crippen LogP contribution is 2.19. The number of hydrogen-bond acceptors (Lipinski definition) is 3. The molecule has 21 heavy (non-hydrogen) atoms. The molecule has 1 aromatic carbocycles. The van der Waals surface area contributed by atoms with Gasteiger partial charge in [-0.3, -0.25) is 4.79 Å². The van der Waals surface area contributed by atoms with E-state index in [1.807, 2.05) is 26.0 Å². The van der Waals surface area contributed by atoms with E-state index in [0.717, 1.165) is 12.1 Å². The smallest absolute Gasteiger partial charge is 0.283 e. The van der Waals surface area contributed by atoms with E-state index >= 15 is 0 Å². The van der Waals surface area contributed by atoms with Gasteiger partial charge in [-0.15, -0.1) is 0 Å². The fourth-order valence-corrected chi connectivity index (χ4v) is 2.63. The summed E-state index contributed by atoms with van der Waals surface area (Å²) in [5, 5.41) is 7.49. The summed E-state index contributed by atoms with van der Waals surface area (Å²) in [6.45, 7) is 6.69. The summed E-state index contributed by atoms with van der Waals surface area (Å²) in [6, 6.07) is 8.34. The monoisotopic (exact) mass is 349 g/mol. The lowest BCUT2D eigenvalue weighted by Crippen LogP contribution is -2.26. The molecule has 112 valence electrons. The van der Waals surface area contributed by atoms with Gasteiger partial charge in [0.25, 0.3) is 5.56 Å². The van der Waals surface area contributed by atoms with Crippen LogP contribution in [0, 0.1) is 0 Å². The minimum absolute atomic E-state index is 0.0451. The molecule has 2 aromatic rings. The average molecular weight is 350 g/mol. The van der Waals surface area contributed by atoms with Crippen molar-refractivity contribution in [2.24, 2.45) is 0 Å². The summed E-state index contributed by atoms with van der Waals surface area (Å²) >= 11 is 3.37. The first-order valence-electron chi connectivity index (χ1n) is 7.12. The van der Waals surface area contributed by atoms with E-state index in [4.69, 9.17) is 0 Å². The summed E-state index contributed by atoms with van der Waals surface area (Å²) in [7, 11) is 0. The Hall–Kier alpha value is -1.62. The lowest BCUT2D eigenvalue weighted by Gasteiger charge is -2.13. The Balaban J connectivity index is 2.21. The second kappa shape index (κ2) is 6.89. The van der Waals surface area contributed by atoms with Gasteiger partial charge in [0.2, 0.25) is 0 Å². The van der Waals surface area contributed by atoms with Crippen LogP contribution in [0.5, 0.6) is 0 Å². The van der Waals surface area contributed by atoms with Gasteiger partial charge in [-0.1, -0.05) is 31.2 Å². The van der Waals surface area contributed by atoms with Crippen molar-refractivity contribution in [3.8, 4) is 0 Å². The molecule has 0 saturated carbocycles. The molecule has 0 bridgehead atoms. The molecule has 1 aromatic heterocycles. The Kier molecular flexibility index (Phi) is 5.17. The minimum Gasteiger partial charge on any atom is -0.379 e. The molecule has 1 N–H and O–H groups in total. The summed E-state index contributed by atoms with van der Waals surface area (Å²) < 4.78 is 2.00. The highest BCUT2D eigenvalue weighted by Gasteiger charge is 2.11. The number of halogens is 1. The van der Waals surface area contributed by atoms with Crippen molar-refractivity contribution in [3.05, 3.63) is 56.4 Å². The van der Waals surface area contributed by atoms with Crippen molar-refractivity contribution in [1.29, 1.82) is 0 Å². The molecule has 4 nitrogen and oxygen atoms in total. The summed E-state index contributed by atoms with van der Waals surface area (Å²) in [6.07, 6.45) is 2.69. The number of rotatable bonds is 5. The van der Waals surface area contributed by atoms with E-state index in [1.165, 1.54) is 15.8 Å². The third kappa shape index (κ3) is 3.53. The van der Waals surface area contributed by atoms with Crippen molar-refractivity contribution < 1.29 is 0 Å². The molecule has 0 atom stereocenters. The zero-order valence-electron chi connectivity index (χ0n) is 12.6. The maximum atomic E-state index is 12.2. The highest BCUT2D eigenvalue weighted by atomic mass is 79.9. The summed E-state index contributed by atoms with van der Waals surface area (Å²) in [5.74, 6) is 0. The Labute approximate surface area is 133 Å². The second-order valence-electron chi connectivity index (χ2n) is 5.19. The van der Waals surface area contributed by atoms with Gasteiger partial charge in [-0.25, -0.2) is 4.68 Å². The van der Waals surface area contributed by atoms with Gasteiger partial charge >= 0.3 is 0 Å². The third-order valence-corrected chi connectivity index (χ3v) is 4.17. The Morgan fingerprint density at radius 2 is 1.95 bits per heavy atom. The van der Waals surface area contributed by atoms with Crippen LogP contribution in [0.25, 0.3) is 0 Å². The maximum absolute atomic E-state index is 12.2. The first kappa shape index (κ1) is 15.8. The molecule has 0 saturated heterocycles. The molecule has 0 spiro atoms. The van der Waals surface area contributed by atoms with E-state index in [9.17, 15) is 4.79 Å². The van der Waals surface area contributed by atoms with Gasteiger partial charge in [-0.2, -0.15) is 5.10 Å². The topological polar surface area (TPSA) is 46.9 Å². The van der Waals surface area contributed by atoms with E-state index in [0.29, 0.717) is 11.0 Å². The Morgan fingerprint density at radius 3 is 2.57 bits per heavy atom. The van der Waals surface area contributed by atoms with Crippen LogP contribution in [0.3, 0.4) is 0 Å². The number of nitrogens with one attached hydrogen (secondary N) is 1. The fourth-order valence-electron chi connectivity index (χ4n) is 2.20. The van der Waals surface area contributed by atoms with E-state index in [-0.39, 0.29) is 11.6 Å². The second-order valence-corrected chi connectivity index (χ2v) is 5.98. The largest absolute Gasteiger partial charge is 0.379 e. The predicted octanol–water partition coefficient (Wildman–Crippen LogP) is 3.76. The summed E-state index contributed by atoms with van der Waals surface area (Å²) in [5.41, 5.74) is 3.16. The van der Waals surface area contributed by atoms with Crippen molar-refractivity contribution >= 4 is 21.6 Å². The van der Waals surface area contributed by atoms with Crippen molar-refractivity contribution in [3.63, 3.8) is 0 Å². The minimum atomic E-state index is -0.112. The number of nitrogens with zero attached hydrogens (tertiary/aromatic N) is 2. The number of aromatic nitrogens is 2. The zero-order chi connectivity index (χ0) is 15.4. The van der Waals surface area contributed by atoms with E-state index in [1.54, 1.807) is 6.20 Å². The molecule has 0 aliphatic heterocycles. The van der Waals surface area contributed by atoms with Gasteiger partial charge in [0.05, 0.1) is 17.9 Å². The number of aryl methyl sites for hydroxylation is 1. The average Bonchev–Trinajstić information content (AvgIpc) is 2.48. The van der Waals surface area contributed by atoms with Gasteiger partial charge in [0.15, 0.2) is 0 Å². The molecule has 1 heterocycles. The SMILES string of the molecule is CCc1ccccc1CNc1cnn(C(C)C)c(=O)c1Br. The quantitative estimate of drug-likeness (QED) is 0.893. The standard InChI is InChI=1S/C16H20BrN3O/c1-4-12-7-5-6-8-13(12)9-18-14-10-19-20(11(2)3)16(21)15(14)17/h5-8,10-11,18H,4,9H2,1-3H3. The normalized spacial score (nSPS) is 10.9. The number of anilines is 1. The molecular weight excluding hydrogens is 330 g/mol. The zero-order valence-corrected chi connectivity index (χ0v) is 14.1. The molecule has 0 aliphatic rings. The van der Waals surface area contributed by atoms with Crippen LogP contribution in [-0.2, 0) is 13.0 Å². The van der Waals surface area contributed by atoms with Gasteiger partial charge < -0.3 is 5.32 Å². The Bertz CT molecular complexity index is 679. The lowest BCUT2D eigenvalue weighted by atomic mass is 10.1. The maximum Gasteiger partial charge on any atom is 0.283 e. The van der Waals surface area contributed by atoms with Crippen LogP contribution < -0.4 is 10.9 Å². The van der Waals surface area contributed by atoms with Crippen LogP contribution in [0.15, 0.2) is 39.7 Å². The molecule has 0 unspecified atom stereocenters. The molecule has 2 rings (SSSR count). The first-order valence-corrected chi connectivity index (χ1v) is 7.91. The van der Waals surface area contributed by atoms with Gasteiger partial charge in [-0.05, 0) is 47.3 Å². The highest BCUT2D eigenvalue weighted by molar-refractivity contribution is 9.10. The third-order valence-electron chi connectivity index (χ3n) is 3.40. The molecule has 5 heteroatoms. The molecule has 0 aliphatic carbocycles. The fraction of sp³-hybridized carbons (Fsp3) is 0.375. The lowest BCUT2D eigenvalue weighted by molar-refractivity contribution is 0.501. The molecule has 0 amide bonds. The van der Waals surface area contributed by atoms with Crippen LogP contribution in [0.2, 0.25) is 0 Å². The van der Waals surface area contributed by atoms with E-state index < -0.39 is 0 Å². The molecule has 0 fully saturated rings. The Morgan fingerprint density at radius 1 is 1.29 bits per heavy atom. The number of benzene rings is 1. The van der Waals surface area contributed by atoms with Crippen LogP contribution in [0.1, 0.15) is 37.9 Å². The van der Waals surface area contributed by atoms with Gasteiger partial charge in [0, 0.05) is 6.54 Å². The van der Waals surface area contributed by atoms with E-state index in [2.05, 4.69) is 45.4 Å². The van der Waals surface area contributed by atoms with Crippen molar-refractivity contribution in [1.82, 2.24) is 9.78 Å². The first-order chi connectivity index (χ1) is 10.0. The van der Waals surface area contributed by atoms with Crippen molar-refractivity contribution in [2.45, 2.75) is 39.8 Å².